The highest BCUT2D eigenvalue weighted by Gasteiger charge is 2.39. The fourth-order valence-electron chi connectivity index (χ4n) is 5.79. The van der Waals surface area contributed by atoms with Crippen molar-refractivity contribution in [3.8, 4) is 0 Å². The zero-order valence-corrected chi connectivity index (χ0v) is 43.6. The summed E-state index contributed by atoms with van der Waals surface area (Å²) in [5.74, 6) is -2.67. The van der Waals surface area contributed by atoms with Gasteiger partial charge in [-0.15, -0.1) is 0 Å². The van der Waals surface area contributed by atoms with Crippen molar-refractivity contribution < 1.29 is 135 Å². The lowest BCUT2D eigenvalue weighted by Gasteiger charge is -2.34. The first-order valence-electron chi connectivity index (χ1n) is 24.5. The molecule has 0 aliphatic rings. The third kappa shape index (κ3) is 39.6. The van der Waals surface area contributed by atoms with Crippen LogP contribution in [0.5, 0.6) is 0 Å². The third-order valence-corrected chi connectivity index (χ3v) is 11.2. The average molecular weight is 1120 g/mol. The molecule has 1 unspecified atom stereocenters. The Kier molecular flexibility index (Phi) is 46.1. The van der Waals surface area contributed by atoms with Crippen LogP contribution in [0.1, 0.15) is 19.8 Å². The van der Waals surface area contributed by atoms with Gasteiger partial charge in [-0.3, -0.25) is 18.9 Å². The second-order valence-electron chi connectivity index (χ2n) is 16.2. The number of aliphatic hydroxyl groups excluding tert-OH is 10. The van der Waals surface area contributed by atoms with Crippen LogP contribution in [0.3, 0.4) is 0 Å². The molecule has 0 rings (SSSR count). The molecule has 12 N–H and O–H groups in total. The fraction of sp³-hybridized carbons (Fsp3) is 0.932. The lowest BCUT2D eigenvalue weighted by molar-refractivity contribution is -0.148. The van der Waals surface area contributed by atoms with Gasteiger partial charge in [0.15, 0.2) is 5.25 Å². The molecule has 2 amide bonds. The number of rotatable bonds is 55. The van der Waals surface area contributed by atoms with Gasteiger partial charge >= 0.3 is 0 Å². The van der Waals surface area contributed by atoms with Gasteiger partial charge in [0.2, 0.25) is 11.8 Å². The maximum atomic E-state index is 13.3. The van der Waals surface area contributed by atoms with E-state index < -0.39 is 109 Å². The van der Waals surface area contributed by atoms with E-state index in [0.717, 1.165) is 0 Å². The number of hydrogen-bond donors (Lipinski definition) is 12. The smallest absolute Gasteiger partial charge is 0.277 e. The molecule has 0 saturated carbocycles. The Balaban J connectivity index is 4.04. The molecule has 0 fully saturated rings. The van der Waals surface area contributed by atoms with Gasteiger partial charge in [-0.25, -0.2) is 0 Å². The Labute approximate surface area is 437 Å². The average Bonchev–Trinajstić information content (AvgIpc) is 3.38. The summed E-state index contributed by atoms with van der Waals surface area (Å²) < 4.78 is 99.0. The first-order valence-corrected chi connectivity index (χ1v) is 26.0. The number of ketones is 1. The van der Waals surface area contributed by atoms with Crippen molar-refractivity contribution in [2.24, 2.45) is 0 Å². The van der Waals surface area contributed by atoms with Crippen molar-refractivity contribution in [3.05, 3.63) is 0 Å². The van der Waals surface area contributed by atoms with Crippen LogP contribution >= 0.6 is 0 Å². The van der Waals surface area contributed by atoms with Gasteiger partial charge < -0.3 is 118 Å². The molecular weight excluding hydrogens is 1040 g/mol. The number of nitrogens with one attached hydrogen (secondary N) is 1. The van der Waals surface area contributed by atoms with Crippen LogP contribution in [0, 0.1) is 0 Å². The Morgan fingerprint density at radius 1 is 0.427 bits per heavy atom. The summed E-state index contributed by atoms with van der Waals surface area (Å²) in [6.45, 7) is 5.29. The van der Waals surface area contributed by atoms with E-state index in [4.69, 9.17) is 67.1 Å². The van der Waals surface area contributed by atoms with Crippen molar-refractivity contribution in [2.75, 3.05) is 191 Å². The quantitative estimate of drug-likeness (QED) is 0.0199. The van der Waals surface area contributed by atoms with E-state index in [0.29, 0.717) is 137 Å². The predicted molar refractivity (Wildman–Crippen MR) is 257 cm³/mol. The summed E-state index contributed by atoms with van der Waals surface area (Å²) in [6, 6.07) is 0. The third-order valence-electron chi connectivity index (χ3n) is 10.1. The standard InChI is InChI=1S/C44H86N2O28S/c1-33(49)2-4-63-6-8-65-10-12-67-14-16-69-18-20-71-22-24-73-26-27-74-25-23-72-21-19-70-17-15-68-13-11-66-9-7-64-5-3-45-44(59)38(75(60,61)62)28-39(54)46(29-34(50)40(55)42(57)36(52)31-47)30-35(51)41(56)43(58)37(53)32-48/h34-38,40-43,47-48,50-53,55-58H,2-32H2,1H3,(H,45,59)(H,60,61,62)/t34-,35-,36+,37+,38?,40+,41+,42+,43+/m0/s1. The molecule has 0 radical (unpaired) electrons. The van der Waals surface area contributed by atoms with Gasteiger partial charge in [0, 0.05) is 26.1 Å². The minimum absolute atomic E-state index is 0.0535. The normalized spacial score (nSPS) is 15.7. The van der Waals surface area contributed by atoms with Crippen molar-refractivity contribution in [3.63, 3.8) is 0 Å². The van der Waals surface area contributed by atoms with Crippen LogP contribution in [0.4, 0.5) is 0 Å². The van der Waals surface area contributed by atoms with Crippen LogP contribution < -0.4 is 5.32 Å². The summed E-state index contributed by atoms with van der Waals surface area (Å²) in [4.78, 5) is 37.3. The molecule has 0 spiro atoms. The number of amides is 2. The number of hydrogen-bond acceptors (Lipinski definition) is 27. The number of carbonyl (C=O) groups excluding carboxylic acids is 3. The fourth-order valence-corrected chi connectivity index (χ4v) is 6.50. The second-order valence-corrected chi connectivity index (χ2v) is 17.8. The molecule has 446 valence electrons. The lowest BCUT2D eigenvalue weighted by Crippen LogP contribution is -2.55. The Morgan fingerprint density at radius 2 is 0.680 bits per heavy atom. The molecular formula is C44H86N2O28S. The van der Waals surface area contributed by atoms with Crippen LogP contribution in [0.25, 0.3) is 0 Å². The first kappa shape index (κ1) is 72.6. The topological polar surface area (TPSA) is 434 Å². The van der Waals surface area contributed by atoms with Crippen molar-refractivity contribution >= 4 is 27.7 Å². The second kappa shape index (κ2) is 47.6. The number of Topliss-reactive ketones (excluding diaryl/α,β-unsaturated/α-hetero) is 1. The van der Waals surface area contributed by atoms with Crippen molar-refractivity contribution in [1.29, 1.82) is 0 Å². The number of nitrogens with zero attached hydrogens (tertiary/aromatic N) is 1. The van der Waals surface area contributed by atoms with Crippen molar-refractivity contribution in [1.82, 2.24) is 10.2 Å². The lowest BCUT2D eigenvalue weighted by atomic mass is 10.0. The van der Waals surface area contributed by atoms with Crippen LogP contribution in [0.15, 0.2) is 0 Å². The SMILES string of the molecule is CC(=O)CCOCCOCCOCCOCCOCCOCCOCCOCCOCCOCCOCCOCCNC(=O)C(CC(=O)N(C[C@H](O)[C@@H](O)[C@H](O)[C@H](O)CO)C[C@H](O)[C@@H](O)[C@H](O)[C@H](O)CO)S(=O)(=O)O. The van der Waals surface area contributed by atoms with E-state index in [9.17, 15) is 68.2 Å². The van der Waals surface area contributed by atoms with E-state index in [1.807, 2.05) is 0 Å². The highest BCUT2D eigenvalue weighted by atomic mass is 32.2. The zero-order valence-electron chi connectivity index (χ0n) is 42.8. The Hall–Kier alpha value is -2.36. The molecule has 31 heteroatoms. The molecule has 30 nitrogen and oxygen atoms in total. The monoisotopic (exact) mass is 1120 g/mol. The summed E-state index contributed by atoms with van der Waals surface area (Å²) in [7, 11) is -5.31. The molecule has 0 aliphatic heterocycles. The van der Waals surface area contributed by atoms with Gasteiger partial charge in [0.1, 0.15) is 54.6 Å². The number of aliphatic hydroxyl groups is 10. The Morgan fingerprint density at radius 3 is 0.933 bits per heavy atom. The van der Waals surface area contributed by atoms with Crippen molar-refractivity contribution in [2.45, 2.75) is 73.8 Å². The molecule has 0 saturated heterocycles. The van der Waals surface area contributed by atoms with Crippen LogP contribution in [0.2, 0.25) is 0 Å². The molecule has 0 heterocycles. The minimum Gasteiger partial charge on any atom is -0.394 e. The number of ether oxygens (including phenoxy) is 12. The van der Waals surface area contributed by atoms with Crippen LogP contribution in [-0.2, 0) is 81.3 Å². The maximum Gasteiger partial charge on any atom is 0.277 e. The van der Waals surface area contributed by atoms with E-state index in [1.165, 1.54) is 6.92 Å². The predicted octanol–water partition coefficient (Wildman–Crippen LogP) is -7.37. The van der Waals surface area contributed by atoms with Gasteiger partial charge in [-0.1, -0.05) is 0 Å². The minimum atomic E-state index is -5.31. The van der Waals surface area contributed by atoms with E-state index in [2.05, 4.69) is 5.32 Å². The summed E-state index contributed by atoms with van der Waals surface area (Å²) >= 11 is 0. The van der Waals surface area contributed by atoms with Gasteiger partial charge in [-0.05, 0) is 6.92 Å². The molecule has 0 aromatic heterocycles. The molecule has 0 aromatic carbocycles. The zero-order chi connectivity index (χ0) is 56.1. The van der Waals surface area contributed by atoms with E-state index in [-0.39, 0.29) is 45.4 Å². The molecule has 9 atom stereocenters. The highest BCUT2D eigenvalue weighted by molar-refractivity contribution is 7.87. The Bertz CT molecular complexity index is 1470. The summed E-state index contributed by atoms with van der Waals surface area (Å²) in [5, 5.41) is 98.4. The molecule has 0 bridgehead atoms. The van der Waals surface area contributed by atoms with Gasteiger partial charge in [0.05, 0.1) is 178 Å². The number of carbonyl (C=O) groups is 3. The molecule has 75 heavy (non-hydrogen) atoms. The summed E-state index contributed by atoms with van der Waals surface area (Å²) in [5.41, 5.74) is 0. The molecule has 0 aromatic rings. The van der Waals surface area contributed by atoms with Gasteiger partial charge in [-0.2, -0.15) is 8.42 Å². The largest absolute Gasteiger partial charge is 0.394 e. The highest BCUT2D eigenvalue weighted by Crippen LogP contribution is 2.15. The maximum absolute atomic E-state index is 13.3. The summed E-state index contributed by atoms with van der Waals surface area (Å²) in [6.07, 6.45) is -18.1. The molecule has 0 aliphatic carbocycles. The first-order chi connectivity index (χ1) is 35.9. The van der Waals surface area contributed by atoms with E-state index >= 15 is 0 Å². The van der Waals surface area contributed by atoms with Crippen LogP contribution in [-0.4, -0.2) is 332 Å². The van der Waals surface area contributed by atoms with E-state index in [1.54, 1.807) is 0 Å². The van der Waals surface area contributed by atoms with Gasteiger partial charge in [0.25, 0.3) is 10.1 Å².